The predicted octanol–water partition coefficient (Wildman–Crippen LogP) is 2.76. The Balaban J connectivity index is 2.26. The van der Waals surface area contributed by atoms with Crippen LogP contribution in [0.3, 0.4) is 0 Å². The Labute approximate surface area is 121 Å². The van der Waals surface area contributed by atoms with E-state index in [1.807, 2.05) is 4.90 Å². The highest BCUT2D eigenvalue weighted by atomic mass is 32.1. The molecule has 1 aromatic heterocycles. The van der Waals surface area contributed by atoms with Gasteiger partial charge in [0.25, 0.3) is 0 Å². The average Bonchev–Trinajstić information content (AvgIpc) is 2.76. The second-order valence-electron chi connectivity index (χ2n) is 5.57. The molecule has 0 spiro atoms. The van der Waals surface area contributed by atoms with E-state index < -0.39 is 16.9 Å². The van der Waals surface area contributed by atoms with Gasteiger partial charge in [-0.15, -0.1) is 0 Å². The number of hydrogen-bond donors (Lipinski definition) is 1. The van der Waals surface area contributed by atoms with Gasteiger partial charge in [-0.1, -0.05) is 25.2 Å². The largest absolute Gasteiger partial charge is 0.480 e. The number of nitro groups is 1. The van der Waals surface area contributed by atoms with Gasteiger partial charge in [0.2, 0.25) is 0 Å². The Hall–Kier alpha value is -1.47. The predicted molar refractivity (Wildman–Crippen MR) is 75.9 cm³/mol. The van der Waals surface area contributed by atoms with Crippen LogP contribution in [0.25, 0.3) is 0 Å². The third-order valence-corrected chi connectivity index (χ3v) is 4.65. The van der Waals surface area contributed by atoms with E-state index >= 15 is 0 Å². The zero-order valence-electron chi connectivity index (χ0n) is 11.5. The Morgan fingerprint density at radius 3 is 2.50 bits per heavy atom. The maximum absolute atomic E-state index is 11.6. The second kappa shape index (κ2) is 5.88. The van der Waals surface area contributed by atoms with Crippen LogP contribution in [0.4, 0.5) is 5.00 Å². The third-order valence-electron chi connectivity index (χ3n) is 3.56. The summed E-state index contributed by atoms with van der Waals surface area (Å²) in [5.74, 6) is -0.0610. The highest BCUT2D eigenvalue weighted by Gasteiger charge is 2.34. The monoisotopic (exact) mass is 298 g/mol. The summed E-state index contributed by atoms with van der Waals surface area (Å²) in [4.78, 5) is 24.3. The van der Waals surface area contributed by atoms with Crippen molar-refractivity contribution in [1.82, 2.24) is 4.90 Å². The van der Waals surface area contributed by atoms with Crippen molar-refractivity contribution >= 4 is 22.3 Å². The lowest BCUT2D eigenvalue weighted by Gasteiger charge is -2.37. The molecule has 2 heterocycles. The number of hydrogen-bond acceptors (Lipinski definition) is 5. The first kappa shape index (κ1) is 14.9. The molecule has 1 aliphatic heterocycles. The van der Waals surface area contributed by atoms with Gasteiger partial charge in [-0.05, 0) is 24.3 Å². The molecule has 0 saturated carbocycles. The summed E-state index contributed by atoms with van der Waals surface area (Å²) in [6.07, 6.45) is 1.09. The molecule has 7 heteroatoms. The Morgan fingerprint density at radius 2 is 2.05 bits per heavy atom. The molecule has 20 heavy (non-hydrogen) atoms. The average molecular weight is 298 g/mol. The number of rotatable bonds is 4. The number of piperidine rings is 1. The Bertz CT molecular complexity index is 506. The minimum absolute atomic E-state index is 0.00986. The van der Waals surface area contributed by atoms with Crippen LogP contribution in [0, 0.1) is 22.0 Å². The summed E-state index contributed by atoms with van der Waals surface area (Å²) in [7, 11) is 0. The van der Waals surface area contributed by atoms with E-state index in [0.29, 0.717) is 29.8 Å². The fourth-order valence-electron chi connectivity index (χ4n) is 2.97. The van der Waals surface area contributed by atoms with Crippen LogP contribution in [0.2, 0.25) is 0 Å². The Kier molecular flexibility index (Phi) is 4.39. The van der Waals surface area contributed by atoms with Gasteiger partial charge in [-0.25, -0.2) is 0 Å². The topological polar surface area (TPSA) is 83.7 Å². The van der Waals surface area contributed by atoms with E-state index in [2.05, 4.69) is 13.8 Å². The van der Waals surface area contributed by atoms with E-state index in [1.165, 1.54) is 6.07 Å². The zero-order valence-corrected chi connectivity index (χ0v) is 12.3. The van der Waals surface area contributed by atoms with Crippen molar-refractivity contribution in [2.24, 2.45) is 11.8 Å². The van der Waals surface area contributed by atoms with E-state index in [4.69, 9.17) is 0 Å². The number of carboxylic acids is 1. The molecule has 0 bridgehead atoms. The van der Waals surface area contributed by atoms with Crippen LogP contribution >= 0.6 is 11.3 Å². The van der Waals surface area contributed by atoms with Crippen molar-refractivity contribution in [2.75, 3.05) is 13.1 Å². The van der Waals surface area contributed by atoms with Crippen molar-refractivity contribution in [2.45, 2.75) is 26.3 Å². The first-order chi connectivity index (χ1) is 9.38. The first-order valence-electron chi connectivity index (χ1n) is 6.59. The summed E-state index contributed by atoms with van der Waals surface area (Å²) in [6.45, 7) is 5.65. The summed E-state index contributed by atoms with van der Waals surface area (Å²) in [6, 6.07) is 2.16. The third kappa shape index (κ3) is 3.16. The summed E-state index contributed by atoms with van der Waals surface area (Å²) >= 11 is 0.952. The van der Waals surface area contributed by atoms with Gasteiger partial charge in [-0.3, -0.25) is 19.8 Å². The number of nitrogens with zero attached hydrogens (tertiary/aromatic N) is 2. The van der Waals surface area contributed by atoms with Crippen LogP contribution in [0.1, 0.15) is 31.2 Å². The molecule has 3 atom stereocenters. The molecule has 1 saturated heterocycles. The standard InChI is InChI=1S/C13H18N2O4S/c1-8-5-9(2)7-14(6-8)12(13(16)17)10-3-4-11(20-10)15(18)19/h3-4,8-9,12H,5-7H2,1-2H3,(H,16,17). The van der Waals surface area contributed by atoms with Gasteiger partial charge in [-0.2, -0.15) is 0 Å². The van der Waals surface area contributed by atoms with Crippen molar-refractivity contribution < 1.29 is 14.8 Å². The fraction of sp³-hybridized carbons (Fsp3) is 0.615. The smallest absolute Gasteiger partial charge is 0.326 e. The van der Waals surface area contributed by atoms with Crippen LogP contribution in [-0.2, 0) is 4.79 Å². The number of aliphatic carboxylic acids is 1. The van der Waals surface area contributed by atoms with Crippen molar-refractivity contribution in [1.29, 1.82) is 0 Å². The van der Waals surface area contributed by atoms with Crippen molar-refractivity contribution in [3.05, 3.63) is 27.1 Å². The number of carboxylic acid groups (broad SMARTS) is 1. The molecule has 6 nitrogen and oxygen atoms in total. The maximum Gasteiger partial charge on any atom is 0.326 e. The fourth-order valence-corrected chi connectivity index (χ4v) is 3.92. The van der Waals surface area contributed by atoms with Crippen molar-refractivity contribution in [3.8, 4) is 0 Å². The van der Waals surface area contributed by atoms with Crippen LogP contribution in [0.15, 0.2) is 12.1 Å². The molecule has 1 aromatic rings. The highest BCUT2D eigenvalue weighted by Crippen LogP contribution is 2.35. The van der Waals surface area contributed by atoms with E-state index in [9.17, 15) is 20.0 Å². The SMILES string of the molecule is CC1CC(C)CN(C(C(=O)O)c2ccc([N+](=O)[O-])s2)C1. The molecule has 3 unspecified atom stereocenters. The molecule has 0 radical (unpaired) electrons. The molecule has 0 amide bonds. The quantitative estimate of drug-likeness (QED) is 0.682. The molecule has 1 fully saturated rings. The lowest BCUT2D eigenvalue weighted by Crippen LogP contribution is -2.43. The van der Waals surface area contributed by atoms with Gasteiger partial charge in [0, 0.05) is 24.0 Å². The maximum atomic E-state index is 11.6. The molecule has 1 N–H and O–H groups in total. The first-order valence-corrected chi connectivity index (χ1v) is 7.41. The number of likely N-dealkylation sites (tertiary alicyclic amines) is 1. The molecule has 1 aliphatic rings. The van der Waals surface area contributed by atoms with Gasteiger partial charge >= 0.3 is 11.0 Å². The van der Waals surface area contributed by atoms with E-state index in [1.54, 1.807) is 6.07 Å². The molecule has 0 aromatic carbocycles. The van der Waals surface area contributed by atoms with Gasteiger partial charge in [0.15, 0.2) is 0 Å². The molecular weight excluding hydrogens is 280 g/mol. The van der Waals surface area contributed by atoms with Gasteiger partial charge in [0.05, 0.1) is 4.92 Å². The van der Waals surface area contributed by atoms with Gasteiger partial charge < -0.3 is 5.11 Å². The number of carbonyl (C=O) groups is 1. The Morgan fingerprint density at radius 1 is 1.45 bits per heavy atom. The minimum atomic E-state index is -0.942. The molecule has 110 valence electrons. The number of thiophene rings is 1. The molecule has 2 rings (SSSR count). The molecule has 0 aliphatic carbocycles. The normalized spacial score (nSPS) is 25.3. The summed E-state index contributed by atoms with van der Waals surface area (Å²) in [5.41, 5.74) is 0. The summed E-state index contributed by atoms with van der Waals surface area (Å²) in [5, 5.41) is 20.2. The van der Waals surface area contributed by atoms with Crippen LogP contribution < -0.4 is 0 Å². The highest BCUT2D eigenvalue weighted by molar-refractivity contribution is 7.15. The zero-order chi connectivity index (χ0) is 14.9. The van der Waals surface area contributed by atoms with Crippen molar-refractivity contribution in [3.63, 3.8) is 0 Å². The van der Waals surface area contributed by atoms with E-state index in [0.717, 1.165) is 17.8 Å². The lowest BCUT2D eigenvalue weighted by atomic mass is 9.90. The van der Waals surface area contributed by atoms with Crippen LogP contribution in [-0.4, -0.2) is 34.0 Å². The minimum Gasteiger partial charge on any atom is -0.480 e. The van der Waals surface area contributed by atoms with E-state index in [-0.39, 0.29) is 5.00 Å². The van der Waals surface area contributed by atoms with Gasteiger partial charge in [0.1, 0.15) is 6.04 Å². The second-order valence-corrected chi connectivity index (χ2v) is 6.67. The lowest BCUT2D eigenvalue weighted by molar-refractivity contribution is -0.380. The van der Waals surface area contributed by atoms with Crippen LogP contribution in [0.5, 0.6) is 0 Å². The summed E-state index contributed by atoms with van der Waals surface area (Å²) < 4.78 is 0. The molecular formula is C13H18N2O4S.